The minimum Gasteiger partial charge on any atom is -0.496 e. The molecule has 2 aromatic rings. The summed E-state index contributed by atoms with van der Waals surface area (Å²) in [5, 5.41) is 0. The van der Waals surface area contributed by atoms with E-state index in [1.807, 2.05) is 35.9 Å². The third-order valence-electron chi connectivity index (χ3n) is 2.51. The van der Waals surface area contributed by atoms with Gasteiger partial charge in [0.05, 0.1) is 26.1 Å². The average Bonchev–Trinajstić information content (AvgIpc) is 2.70. The van der Waals surface area contributed by atoms with E-state index in [0.717, 1.165) is 17.0 Å². The number of aromatic nitrogens is 2. The second-order valence-corrected chi connectivity index (χ2v) is 3.39. The molecule has 0 aliphatic carbocycles. The molecule has 0 bridgehead atoms. The number of nitrogens with zero attached hydrogens (tertiary/aromatic N) is 2. The predicted octanol–water partition coefficient (Wildman–Crippen LogP) is 2.10. The molecule has 0 radical (unpaired) electrons. The van der Waals surface area contributed by atoms with Crippen molar-refractivity contribution >= 4 is 0 Å². The second-order valence-electron chi connectivity index (χ2n) is 3.39. The molecule has 84 valence electrons. The highest BCUT2D eigenvalue weighted by molar-refractivity contribution is 5.67. The van der Waals surface area contributed by atoms with Crippen molar-refractivity contribution in [2.45, 2.75) is 0 Å². The molecular formula is C12H14N2O2. The summed E-state index contributed by atoms with van der Waals surface area (Å²) in [7, 11) is 5.17. The summed E-state index contributed by atoms with van der Waals surface area (Å²) in [6, 6.07) is 8.41. The maximum Gasteiger partial charge on any atom is 0.296 e. The third-order valence-corrected chi connectivity index (χ3v) is 2.51. The summed E-state index contributed by atoms with van der Waals surface area (Å²) in [4.78, 5) is 4.17. The first-order valence-corrected chi connectivity index (χ1v) is 4.97. The van der Waals surface area contributed by atoms with Gasteiger partial charge in [-0.1, -0.05) is 12.1 Å². The number of hydrogen-bond acceptors (Lipinski definition) is 3. The molecule has 0 N–H and O–H groups in total. The maximum atomic E-state index is 5.32. The topological polar surface area (TPSA) is 36.3 Å². The fraction of sp³-hybridized carbons (Fsp3) is 0.250. The molecule has 0 fully saturated rings. The van der Waals surface area contributed by atoms with Crippen LogP contribution in [0.3, 0.4) is 0 Å². The standard InChI is InChI=1S/C12H14N2O2/c1-14-10(8-13-12(14)16-3)9-6-4-5-7-11(9)15-2/h4-8H,1-3H3. The van der Waals surface area contributed by atoms with Crippen LogP contribution >= 0.6 is 0 Å². The van der Waals surface area contributed by atoms with Gasteiger partial charge < -0.3 is 9.47 Å². The number of benzene rings is 1. The van der Waals surface area contributed by atoms with Crippen molar-refractivity contribution in [3.63, 3.8) is 0 Å². The van der Waals surface area contributed by atoms with Crippen LogP contribution in [-0.4, -0.2) is 23.8 Å². The summed E-state index contributed by atoms with van der Waals surface area (Å²) >= 11 is 0. The van der Waals surface area contributed by atoms with Crippen LogP contribution in [0, 0.1) is 0 Å². The number of para-hydroxylation sites is 1. The van der Waals surface area contributed by atoms with E-state index in [9.17, 15) is 0 Å². The largest absolute Gasteiger partial charge is 0.496 e. The first-order chi connectivity index (χ1) is 7.77. The molecule has 1 aromatic heterocycles. The number of methoxy groups -OCH3 is 2. The van der Waals surface area contributed by atoms with E-state index in [4.69, 9.17) is 9.47 Å². The van der Waals surface area contributed by atoms with Crippen LogP contribution in [0.25, 0.3) is 11.3 Å². The van der Waals surface area contributed by atoms with Crippen molar-refractivity contribution < 1.29 is 9.47 Å². The number of ether oxygens (including phenoxy) is 2. The minimum atomic E-state index is 0.584. The van der Waals surface area contributed by atoms with Crippen molar-refractivity contribution in [2.75, 3.05) is 14.2 Å². The van der Waals surface area contributed by atoms with E-state index in [1.165, 1.54) is 0 Å². The Bertz CT molecular complexity index is 492. The van der Waals surface area contributed by atoms with E-state index in [0.29, 0.717) is 6.01 Å². The highest BCUT2D eigenvalue weighted by Gasteiger charge is 2.11. The Morgan fingerprint density at radius 2 is 1.88 bits per heavy atom. The van der Waals surface area contributed by atoms with Gasteiger partial charge in [-0.25, -0.2) is 4.98 Å². The molecular weight excluding hydrogens is 204 g/mol. The lowest BCUT2D eigenvalue weighted by molar-refractivity contribution is 0.366. The molecule has 0 aliphatic rings. The fourth-order valence-corrected chi connectivity index (χ4v) is 1.69. The molecule has 1 aromatic carbocycles. The summed E-state index contributed by atoms with van der Waals surface area (Å²) in [6.45, 7) is 0. The van der Waals surface area contributed by atoms with Gasteiger partial charge in [0.1, 0.15) is 5.75 Å². The maximum absolute atomic E-state index is 5.32. The van der Waals surface area contributed by atoms with E-state index in [2.05, 4.69) is 4.98 Å². The molecule has 4 nitrogen and oxygen atoms in total. The Kier molecular flexibility index (Phi) is 2.81. The van der Waals surface area contributed by atoms with Gasteiger partial charge in [-0.15, -0.1) is 0 Å². The highest BCUT2D eigenvalue weighted by atomic mass is 16.5. The van der Waals surface area contributed by atoms with Crippen molar-refractivity contribution in [1.82, 2.24) is 9.55 Å². The van der Waals surface area contributed by atoms with Gasteiger partial charge >= 0.3 is 0 Å². The Labute approximate surface area is 94.4 Å². The molecule has 0 spiro atoms. The van der Waals surface area contributed by atoms with E-state index >= 15 is 0 Å². The predicted molar refractivity (Wildman–Crippen MR) is 61.7 cm³/mol. The Morgan fingerprint density at radius 3 is 2.50 bits per heavy atom. The van der Waals surface area contributed by atoms with Crippen LogP contribution in [0.5, 0.6) is 11.8 Å². The molecule has 0 saturated carbocycles. The zero-order chi connectivity index (χ0) is 11.5. The summed E-state index contributed by atoms with van der Waals surface area (Å²) < 4.78 is 12.3. The summed E-state index contributed by atoms with van der Waals surface area (Å²) in [5.74, 6) is 0.827. The van der Waals surface area contributed by atoms with Crippen LogP contribution in [0.4, 0.5) is 0 Å². The molecule has 0 atom stereocenters. The van der Waals surface area contributed by atoms with E-state index in [-0.39, 0.29) is 0 Å². The molecule has 16 heavy (non-hydrogen) atoms. The highest BCUT2D eigenvalue weighted by Crippen LogP contribution is 2.30. The lowest BCUT2D eigenvalue weighted by Gasteiger charge is -2.08. The van der Waals surface area contributed by atoms with E-state index in [1.54, 1.807) is 20.4 Å². The van der Waals surface area contributed by atoms with Crippen molar-refractivity contribution in [1.29, 1.82) is 0 Å². The van der Waals surface area contributed by atoms with Gasteiger partial charge in [0.15, 0.2) is 0 Å². The van der Waals surface area contributed by atoms with Gasteiger partial charge in [-0.05, 0) is 12.1 Å². The lowest BCUT2D eigenvalue weighted by Crippen LogP contribution is -1.97. The molecule has 2 rings (SSSR count). The van der Waals surface area contributed by atoms with Crippen LogP contribution in [-0.2, 0) is 7.05 Å². The first kappa shape index (κ1) is 10.5. The van der Waals surface area contributed by atoms with Gasteiger partial charge in [0.25, 0.3) is 6.01 Å². The summed E-state index contributed by atoms with van der Waals surface area (Å²) in [6.07, 6.45) is 1.77. The van der Waals surface area contributed by atoms with Crippen molar-refractivity contribution in [3.8, 4) is 23.0 Å². The second kappa shape index (κ2) is 4.26. The SMILES string of the molecule is COc1ccccc1-c1cnc(OC)n1C. The number of hydrogen-bond donors (Lipinski definition) is 0. The zero-order valence-electron chi connectivity index (χ0n) is 9.60. The van der Waals surface area contributed by atoms with Crippen LogP contribution in [0.2, 0.25) is 0 Å². The van der Waals surface area contributed by atoms with Crippen LogP contribution < -0.4 is 9.47 Å². The number of imidazole rings is 1. The third kappa shape index (κ3) is 1.62. The minimum absolute atomic E-state index is 0.584. The monoisotopic (exact) mass is 218 g/mol. The lowest BCUT2D eigenvalue weighted by atomic mass is 10.1. The molecule has 0 aliphatic heterocycles. The van der Waals surface area contributed by atoms with Gasteiger partial charge in [-0.2, -0.15) is 0 Å². The van der Waals surface area contributed by atoms with Gasteiger partial charge in [-0.3, -0.25) is 4.57 Å². The first-order valence-electron chi connectivity index (χ1n) is 4.97. The Balaban J connectivity index is 2.54. The van der Waals surface area contributed by atoms with E-state index < -0.39 is 0 Å². The van der Waals surface area contributed by atoms with Crippen molar-refractivity contribution in [3.05, 3.63) is 30.5 Å². The zero-order valence-corrected chi connectivity index (χ0v) is 9.60. The Morgan fingerprint density at radius 1 is 1.12 bits per heavy atom. The Hall–Kier alpha value is -1.97. The molecule has 0 unspecified atom stereocenters. The van der Waals surface area contributed by atoms with Crippen molar-refractivity contribution in [2.24, 2.45) is 7.05 Å². The summed E-state index contributed by atoms with van der Waals surface area (Å²) in [5.41, 5.74) is 1.97. The fourth-order valence-electron chi connectivity index (χ4n) is 1.69. The number of rotatable bonds is 3. The molecule has 0 amide bonds. The van der Waals surface area contributed by atoms with Gasteiger partial charge in [0, 0.05) is 12.6 Å². The normalized spacial score (nSPS) is 10.2. The quantitative estimate of drug-likeness (QED) is 0.791. The molecule has 1 heterocycles. The molecule has 0 saturated heterocycles. The van der Waals surface area contributed by atoms with Crippen LogP contribution in [0.15, 0.2) is 30.5 Å². The average molecular weight is 218 g/mol. The smallest absolute Gasteiger partial charge is 0.296 e. The van der Waals surface area contributed by atoms with Gasteiger partial charge in [0.2, 0.25) is 0 Å². The van der Waals surface area contributed by atoms with Crippen LogP contribution in [0.1, 0.15) is 0 Å². The molecule has 4 heteroatoms.